The van der Waals surface area contributed by atoms with Crippen molar-refractivity contribution in [1.82, 2.24) is 4.90 Å². The number of benzene rings is 2. The van der Waals surface area contributed by atoms with E-state index in [0.717, 1.165) is 11.3 Å². The molecule has 0 N–H and O–H groups in total. The molecule has 0 spiro atoms. The Balaban J connectivity index is 1.42. The maximum absolute atomic E-state index is 12.4. The maximum Gasteiger partial charge on any atom is 0.347 e. The minimum atomic E-state index is -0.825. The first-order valence-corrected chi connectivity index (χ1v) is 10.0. The lowest BCUT2D eigenvalue weighted by Crippen LogP contribution is -2.50. The molecule has 1 atom stereocenters. The fraction of sp³-hybridized carbons (Fsp3) is 0.364. The molecule has 1 aliphatic rings. The summed E-state index contributed by atoms with van der Waals surface area (Å²) in [5.74, 6) is -0.304. The Morgan fingerprint density at radius 1 is 1.03 bits per heavy atom. The Hall–Kier alpha value is -3.62. The quantitative estimate of drug-likeness (QED) is 0.380. The number of piperazine rings is 1. The minimum Gasteiger partial charge on any atom is -0.479 e. The number of carbonyl (C=O) groups excluding carboxylic acids is 2. The number of esters is 1. The minimum absolute atomic E-state index is 0.0416. The molecule has 9 heteroatoms. The van der Waals surface area contributed by atoms with Crippen LogP contribution >= 0.6 is 0 Å². The van der Waals surface area contributed by atoms with Crippen LogP contribution in [0, 0.1) is 17.0 Å². The monoisotopic (exact) mass is 427 g/mol. The molecule has 1 amide bonds. The number of aryl methyl sites for hydroxylation is 1. The first-order valence-electron chi connectivity index (χ1n) is 10.0. The Morgan fingerprint density at radius 3 is 2.23 bits per heavy atom. The van der Waals surface area contributed by atoms with Gasteiger partial charge in [0.1, 0.15) is 5.75 Å². The molecule has 2 aromatic carbocycles. The average Bonchev–Trinajstić information content (AvgIpc) is 2.79. The molecule has 31 heavy (non-hydrogen) atoms. The normalized spacial score (nSPS) is 14.6. The number of rotatable bonds is 7. The summed E-state index contributed by atoms with van der Waals surface area (Å²) in [6, 6.07) is 13.6. The van der Waals surface area contributed by atoms with Crippen molar-refractivity contribution < 1.29 is 24.0 Å². The van der Waals surface area contributed by atoms with Gasteiger partial charge in [-0.3, -0.25) is 14.9 Å². The number of nitro benzene ring substituents is 1. The molecule has 3 rings (SSSR count). The van der Waals surface area contributed by atoms with E-state index in [1.165, 1.54) is 12.1 Å². The second kappa shape index (κ2) is 9.92. The second-order valence-electron chi connectivity index (χ2n) is 7.32. The molecular weight excluding hydrogens is 402 g/mol. The van der Waals surface area contributed by atoms with Crippen molar-refractivity contribution in [1.29, 1.82) is 0 Å². The molecule has 1 heterocycles. The third-order valence-corrected chi connectivity index (χ3v) is 5.06. The van der Waals surface area contributed by atoms with E-state index < -0.39 is 17.0 Å². The van der Waals surface area contributed by atoms with Crippen molar-refractivity contribution in [2.45, 2.75) is 20.0 Å². The van der Waals surface area contributed by atoms with E-state index in [1.54, 1.807) is 36.1 Å². The van der Waals surface area contributed by atoms with Crippen molar-refractivity contribution in [3.63, 3.8) is 0 Å². The van der Waals surface area contributed by atoms with Crippen molar-refractivity contribution >= 4 is 23.3 Å². The Labute approximate surface area is 180 Å². The lowest BCUT2D eigenvalue weighted by atomic mass is 10.2. The number of hydrogen-bond donors (Lipinski definition) is 0. The van der Waals surface area contributed by atoms with Gasteiger partial charge in [0.2, 0.25) is 0 Å². The van der Waals surface area contributed by atoms with Gasteiger partial charge < -0.3 is 19.3 Å². The highest BCUT2D eigenvalue weighted by atomic mass is 16.6. The zero-order valence-electron chi connectivity index (χ0n) is 17.5. The molecule has 0 aliphatic carbocycles. The maximum atomic E-state index is 12.4. The topological polar surface area (TPSA) is 102 Å². The number of nitrogens with zero attached hydrogens (tertiary/aromatic N) is 3. The zero-order valence-corrected chi connectivity index (χ0v) is 17.5. The highest BCUT2D eigenvalue weighted by molar-refractivity contribution is 5.82. The Kier molecular flexibility index (Phi) is 7.07. The molecule has 1 aliphatic heterocycles. The van der Waals surface area contributed by atoms with Crippen molar-refractivity contribution in [2.75, 3.05) is 37.7 Å². The first-order chi connectivity index (χ1) is 14.8. The highest BCUT2D eigenvalue weighted by Gasteiger charge is 2.24. The summed E-state index contributed by atoms with van der Waals surface area (Å²) in [7, 11) is 0. The number of anilines is 1. The average molecular weight is 427 g/mol. The fourth-order valence-electron chi connectivity index (χ4n) is 3.21. The van der Waals surface area contributed by atoms with Crippen LogP contribution in [0.2, 0.25) is 0 Å². The van der Waals surface area contributed by atoms with Crippen LogP contribution in [-0.2, 0) is 14.3 Å². The molecule has 9 nitrogen and oxygen atoms in total. The van der Waals surface area contributed by atoms with Gasteiger partial charge in [0, 0.05) is 44.0 Å². The number of nitro groups is 1. The van der Waals surface area contributed by atoms with Crippen molar-refractivity contribution in [2.24, 2.45) is 0 Å². The summed E-state index contributed by atoms with van der Waals surface area (Å²) in [4.78, 5) is 38.6. The van der Waals surface area contributed by atoms with E-state index in [9.17, 15) is 19.7 Å². The second-order valence-corrected chi connectivity index (χ2v) is 7.32. The third-order valence-electron chi connectivity index (χ3n) is 5.06. The van der Waals surface area contributed by atoms with Gasteiger partial charge in [-0.05, 0) is 38.1 Å². The predicted octanol–water partition coefficient (Wildman–Crippen LogP) is 2.56. The molecule has 1 unspecified atom stereocenters. The highest BCUT2D eigenvalue weighted by Crippen LogP contribution is 2.20. The number of carbonyl (C=O) groups is 2. The molecule has 0 radical (unpaired) electrons. The summed E-state index contributed by atoms with van der Waals surface area (Å²) in [5.41, 5.74) is 1.99. The first kappa shape index (κ1) is 22.1. The van der Waals surface area contributed by atoms with Crippen molar-refractivity contribution in [3.8, 4) is 5.75 Å². The van der Waals surface area contributed by atoms with E-state index in [1.807, 2.05) is 19.1 Å². The fourth-order valence-corrected chi connectivity index (χ4v) is 3.21. The summed E-state index contributed by atoms with van der Waals surface area (Å²) in [5, 5.41) is 10.8. The molecule has 164 valence electrons. The molecule has 1 saturated heterocycles. The standard InChI is InChI=1S/C22H25N3O6/c1-16-3-9-20(10-4-16)31-17(2)22(27)30-15-21(26)24-13-11-23(12-14-24)18-5-7-19(8-6-18)25(28)29/h3-10,17H,11-15H2,1-2H3. The lowest BCUT2D eigenvalue weighted by molar-refractivity contribution is -0.384. The molecular formula is C22H25N3O6. The van der Waals surface area contributed by atoms with Crippen LogP contribution in [0.4, 0.5) is 11.4 Å². The smallest absolute Gasteiger partial charge is 0.347 e. The zero-order chi connectivity index (χ0) is 22.4. The lowest BCUT2D eigenvalue weighted by Gasteiger charge is -2.36. The Bertz CT molecular complexity index is 921. The van der Waals surface area contributed by atoms with Gasteiger partial charge in [0.05, 0.1) is 4.92 Å². The van der Waals surface area contributed by atoms with E-state index in [2.05, 4.69) is 4.90 Å². The van der Waals surface area contributed by atoms with Gasteiger partial charge in [-0.2, -0.15) is 0 Å². The number of ether oxygens (including phenoxy) is 2. The van der Waals surface area contributed by atoms with Gasteiger partial charge >= 0.3 is 5.97 Å². The number of hydrogen-bond acceptors (Lipinski definition) is 7. The number of amides is 1. The van der Waals surface area contributed by atoms with Gasteiger partial charge in [-0.1, -0.05) is 17.7 Å². The summed E-state index contributed by atoms with van der Waals surface area (Å²) < 4.78 is 10.7. The van der Waals surface area contributed by atoms with E-state index in [4.69, 9.17) is 9.47 Å². The molecule has 0 saturated carbocycles. The van der Waals surface area contributed by atoms with Crippen LogP contribution in [0.15, 0.2) is 48.5 Å². The Morgan fingerprint density at radius 2 is 1.65 bits per heavy atom. The summed E-state index contributed by atoms with van der Waals surface area (Å²) in [6.07, 6.45) is -0.825. The van der Waals surface area contributed by atoms with Crippen LogP contribution in [0.25, 0.3) is 0 Å². The summed E-state index contributed by atoms with van der Waals surface area (Å²) in [6.45, 7) is 5.33. The van der Waals surface area contributed by atoms with Crippen LogP contribution in [0.5, 0.6) is 5.75 Å². The molecule has 1 fully saturated rings. The SMILES string of the molecule is Cc1ccc(OC(C)C(=O)OCC(=O)N2CCN(c3ccc([N+](=O)[O-])cc3)CC2)cc1. The largest absolute Gasteiger partial charge is 0.479 e. The van der Waals surface area contributed by atoms with Gasteiger partial charge in [0.25, 0.3) is 11.6 Å². The molecule has 2 aromatic rings. The van der Waals surface area contributed by atoms with Crippen LogP contribution in [0.1, 0.15) is 12.5 Å². The van der Waals surface area contributed by atoms with Crippen LogP contribution in [0.3, 0.4) is 0 Å². The third kappa shape index (κ3) is 5.94. The van der Waals surface area contributed by atoms with Gasteiger partial charge in [-0.15, -0.1) is 0 Å². The van der Waals surface area contributed by atoms with Gasteiger partial charge in [-0.25, -0.2) is 4.79 Å². The van der Waals surface area contributed by atoms with Crippen LogP contribution in [-0.4, -0.2) is 60.6 Å². The van der Waals surface area contributed by atoms with E-state index in [-0.39, 0.29) is 18.2 Å². The van der Waals surface area contributed by atoms with E-state index >= 15 is 0 Å². The van der Waals surface area contributed by atoms with Gasteiger partial charge in [0.15, 0.2) is 12.7 Å². The predicted molar refractivity (Wildman–Crippen MR) is 114 cm³/mol. The molecule has 0 aromatic heterocycles. The van der Waals surface area contributed by atoms with E-state index in [0.29, 0.717) is 31.9 Å². The van der Waals surface area contributed by atoms with Crippen molar-refractivity contribution in [3.05, 3.63) is 64.2 Å². The molecule has 0 bridgehead atoms. The number of non-ortho nitro benzene ring substituents is 1. The van der Waals surface area contributed by atoms with Crippen LogP contribution < -0.4 is 9.64 Å². The summed E-state index contributed by atoms with van der Waals surface area (Å²) >= 11 is 0.